The topological polar surface area (TPSA) is 82.0 Å². The molecule has 0 heterocycles. The van der Waals surface area contributed by atoms with Gasteiger partial charge in [0.15, 0.2) is 12.0 Å². The van der Waals surface area contributed by atoms with Crippen LogP contribution in [0, 0.1) is 30.1 Å². The maximum absolute atomic E-state index is 13.4. The highest BCUT2D eigenvalue weighted by molar-refractivity contribution is 5.94. The first kappa shape index (κ1) is 35.1. The average Bonchev–Trinajstić information content (AvgIpc) is 2.89. The van der Waals surface area contributed by atoms with Gasteiger partial charge in [-0.3, -0.25) is 14.9 Å². The molecule has 34 heavy (non-hydrogen) atoms. The Morgan fingerprint density at radius 1 is 0.971 bits per heavy atom. The number of hydrogen-bond acceptors (Lipinski definition) is 4. The lowest BCUT2D eigenvalue weighted by atomic mass is 10.0. The molecule has 2 aromatic rings. The molecule has 188 valence electrons. The minimum atomic E-state index is -0.375. The molecular formula is C28H42FN3O2. The predicted molar refractivity (Wildman–Crippen MR) is 142 cm³/mol. The van der Waals surface area contributed by atoms with Gasteiger partial charge in [0.1, 0.15) is 5.82 Å². The molecule has 0 saturated heterocycles. The summed E-state index contributed by atoms with van der Waals surface area (Å²) in [5.41, 5.74) is 3.63. The molecule has 0 aliphatic rings. The van der Waals surface area contributed by atoms with Crippen LogP contribution >= 0.6 is 0 Å². The molecule has 0 fully saturated rings. The summed E-state index contributed by atoms with van der Waals surface area (Å²) in [7, 11) is 1.68. The highest BCUT2D eigenvalue weighted by atomic mass is 19.1. The fourth-order valence-electron chi connectivity index (χ4n) is 2.21. The number of carbonyl (C=O) groups is 2. The van der Waals surface area contributed by atoms with E-state index in [4.69, 9.17) is 5.26 Å². The molecule has 2 rings (SSSR count). The number of amides is 1. The maximum Gasteiger partial charge on any atom is 0.241 e. The Morgan fingerprint density at radius 3 is 1.82 bits per heavy atom. The third kappa shape index (κ3) is 13.2. The van der Waals surface area contributed by atoms with Crippen molar-refractivity contribution in [2.75, 3.05) is 7.05 Å². The number of Topliss-reactive ketones (excluding diaryl/α,β-unsaturated/α-hetero) is 1. The van der Waals surface area contributed by atoms with Crippen LogP contribution in [0.1, 0.15) is 71.3 Å². The molecule has 2 aromatic carbocycles. The van der Waals surface area contributed by atoms with Gasteiger partial charge in [-0.15, -0.1) is 0 Å². The van der Waals surface area contributed by atoms with Crippen LogP contribution < -0.4 is 10.6 Å². The van der Waals surface area contributed by atoms with E-state index in [1.165, 1.54) is 13.0 Å². The van der Waals surface area contributed by atoms with Crippen molar-refractivity contribution >= 4 is 11.7 Å². The standard InChI is InChI=1S/C15H13FO.C7H11N3O.3C2H6/c1-10-3-4-14(9-15(10)16)13-7-5-12(6-8-13)11(2)17;1-5(6(2)9-3)7(11)10-4-8;3*1-2/h3-9H,1-2H3;5,9H,2H2,1,3H3,(H,10,11);3*1-2H3. The second-order valence-electron chi connectivity index (χ2n) is 6.20. The third-order valence-electron chi connectivity index (χ3n) is 4.21. The Kier molecular flexibility index (Phi) is 22.1. The Balaban J connectivity index is -0.000000492. The molecule has 0 aliphatic carbocycles. The van der Waals surface area contributed by atoms with Crippen LogP contribution in [0.3, 0.4) is 0 Å². The fraction of sp³-hybridized carbons (Fsp3) is 0.393. The van der Waals surface area contributed by atoms with Gasteiger partial charge in [-0.05, 0) is 43.5 Å². The van der Waals surface area contributed by atoms with Gasteiger partial charge in [0.25, 0.3) is 0 Å². The molecule has 2 N–H and O–H groups in total. The summed E-state index contributed by atoms with van der Waals surface area (Å²) in [5.74, 6) is -0.892. The number of ketones is 1. The van der Waals surface area contributed by atoms with Crippen molar-refractivity contribution in [3.05, 3.63) is 71.7 Å². The van der Waals surface area contributed by atoms with E-state index >= 15 is 0 Å². The zero-order valence-corrected chi connectivity index (χ0v) is 22.5. The number of halogens is 1. The van der Waals surface area contributed by atoms with E-state index in [0.717, 1.165) is 11.1 Å². The quantitative estimate of drug-likeness (QED) is 0.278. The van der Waals surface area contributed by atoms with Gasteiger partial charge in [0.05, 0.1) is 5.92 Å². The van der Waals surface area contributed by atoms with Crippen LogP contribution in [-0.2, 0) is 4.79 Å². The van der Waals surface area contributed by atoms with Crippen molar-refractivity contribution in [1.29, 1.82) is 5.26 Å². The monoisotopic (exact) mass is 471 g/mol. The number of nitrogens with zero attached hydrogens (tertiary/aromatic N) is 1. The summed E-state index contributed by atoms with van der Waals surface area (Å²) in [6, 6.07) is 12.3. The van der Waals surface area contributed by atoms with Gasteiger partial charge >= 0.3 is 0 Å². The first-order chi connectivity index (χ1) is 16.2. The van der Waals surface area contributed by atoms with Crippen molar-refractivity contribution in [1.82, 2.24) is 10.6 Å². The molecule has 0 aliphatic heterocycles. The molecule has 6 heteroatoms. The van der Waals surface area contributed by atoms with Crippen LogP contribution in [0.2, 0.25) is 0 Å². The first-order valence-electron chi connectivity index (χ1n) is 11.6. The number of hydrogen-bond donors (Lipinski definition) is 2. The smallest absolute Gasteiger partial charge is 0.241 e. The van der Waals surface area contributed by atoms with E-state index in [1.54, 1.807) is 45.3 Å². The van der Waals surface area contributed by atoms with Crippen molar-refractivity contribution in [3.63, 3.8) is 0 Å². The van der Waals surface area contributed by atoms with Crippen LogP contribution in [0.5, 0.6) is 0 Å². The number of benzene rings is 2. The van der Waals surface area contributed by atoms with Gasteiger partial charge in [-0.25, -0.2) is 4.39 Å². The zero-order chi connectivity index (χ0) is 27.3. The molecule has 1 amide bonds. The van der Waals surface area contributed by atoms with Crippen LogP contribution in [0.25, 0.3) is 11.1 Å². The lowest BCUT2D eigenvalue weighted by molar-refractivity contribution is -0.122. The third-order valence-corrected chi connectivity index (χ3v) is 4.21. The van der Waals surface area contributed by atoms with Gasteiger partial charge in [0.2, 0.25) is 5.91 Å². The van der Waals surface area contributed by atoms with E-state index in [2.05, 4.69) is 11.9 Å². The Labute approximate surface area is 206 Å². The zero-order valence-electron chi connectivity index (χ0n) is 22.5. The fourth-order valence-corrected chi connectivity index (χ4v) is 2.21. The van der Waals surface area contributed by atoms with E-state index in [0.29, 0.717) is 16.8 Å². The summed E-state index contributed by atoms with van der Waals surface area (Å²) in [4.78, 5) is 22.0. The molecule has 1 unspecified atom stereocenters. The van der Waals surface area contributed by atoms with Crippen LogP contribution in [0.15, 0.2) is 54.7 Å². The molecule has 0 saturated carbocycles. The van der Waals surface area contributed by atoms with Gasteiger partial charge in [-0.2, -0.15) is 5.26 Å². The largest absolute Gasteiger partial charge is 0.391 e. The van der Waals surface area contributed by atoms with Gasteiger partial charge < -0.3 is 5.32 Å². The maximum atomic E-state index is 13.4. The summed E-state index contributed by atoms with van der Waals surface area (Å²) >= 11 is 0. The summed E-state index contributed by atoms with van der Waals surface area (Å²) in [6.07, 6.45) is 1.56. The second kappa shape index (κ2) is 21.4. The molecule has 1 atom stereocenters. The summed E-state index contributed by atoms with van der Waals surface area (Å²) < 4.78 is 13.4. The number of rotatable bonds is 5. The van der Waals surface area contributed by atoms with E-state index in [1.807, 2.05) is 65.1 Å². The minimum absolute atomic E-state index is 0.0339. The molecule has 0 bridgehead atoms. The minimum Gasteiger partial charge on any atom is -0.391 e. The normalized spacial score (nSPS) is 9.24. The van der Waals surface area contributed by atoms with Crippen molar-refractivity contribution in [2.24, 2.45) is 5.92 Å². The van der Waals surface area contributed by atoms with Crippen molar-refractivity contribution < 1.29 is 14.0 Å². The van der Waals surface area contributed by atoms with Crippen molar-refractivity contribution in [2.45, 2.75) is 62.3 Å². The number of nitrogens with one attached hydrogen (secondary N) is 2. The summed E-state index contributed by atoms with van der Waals surface area (Å²) in [5, 5.41) is 12.9. The predicted octanol–water partition coefficient (Wildman–Crippen LogP) is 7.04. The molecule has 0 radical (unpaired) electrons. The van der Waals surface area contributed by atoms with E-state index in [-0.39, 0.29) is 23.4 Å². The number of aryl methyl sites for hydroxylation is 1. The number of carbonyl (C=O) groups excluding carboxylic acids is 2. The lowest BCUT2D eigenvalue weighted by Crippen LogP contribution is -2.29. The first-order valence-corrected chi connectivity index (χ1v) is 11.6. The Hall–Kier alpha value is -3.46. The molecule has 0 spiro atoms. The Morgan fingerprint density at radius 2 is 1.44 bits per heavy atom. The highest BCUT2D eigenvalue weighted by Crippen LogP contribution is 2.22. The molecular weight excluding hydrogens is 429 g/mol. The van der Waals surface area contributed by atoms with Crippen molar-refractivity contribution in [3.8, 4) is 17.3 Å². The lowest BCUT2D eigenvalue weighted by Gasteiger charge is -2.10. The molecule has 5 nitrogen and oxygen atoms in total. The highest BCUT2D eigenvalue weighted by Gasteiger charge is 2.14. The van der Waals surface area contributed by atoms with Crippen LogP contribution in [-0.4, -0.2) is 18.7 Å². The van der Waals surface area contributed by atoms with Gasteiger partial charge in [0, 0.05) is 18.3 Å². The second-order valence-corrected chi connectivity index (χ2v) is 6.20. The van der Waals surface area contributed by atoms with Gasteiger partial charge in [-0.1, -0.05) is 84.5 Å². The van der Waals surface area contributed by atoms with E-state index < -0.39 is 0 Å². The average molecular weight is 472 g/mol. The molecule has 0 aromatic heterocycles. The van der Waals surface area contributed by atoms with Crippen LogP contribution in [0.4, 0.5) is 4.39 Å². The van der Waals surface area contributed by atoms with E-state index in [9.17, 15) is 14.0 Å². The SMILES string of the molecule is C=C(NC)C(C)C(=O)NC#N.CC.CC.CC.CC(=O)c1ccc(-c2ccc(C)c(F)c2)cc1. The Bertz CT molecular complexity index is 901. The number of nitriles is 1. The summed E-state index contributed by atoms with van der Waals surface area (Å²) in [6.45, 7) is 20.5.